The molecule has 0 bridgehead atoms. The Bertz CT molecular complexity index is 12.5. The number of aliphatic hydroxyl groups excluding tert-OH is 4. The first kappa shape index (κ1) is 32.7. The van der Waals surface area contributed by atoms with Gasteiger partial charge in [0.05, 0.1) is 0 Å². The molecule has 4 nitrogen and oxygen atoms in total. The molecule has 0 radical (unpaired) electrons. The molecule has 0 aromatic carbocycles. The van der Waals surface area contributed by atoms with Crippen LogP contribution in [0.1, 0.15) is 0 Å². The molecular formula is C4H16O4U. The molecule has 0 aliphatic heterocycles. The fourth-order valence-electron chi connectivity index (χ4n) is 0. The first-order valence-electron chi connectivity index (χ1n) is 1.79. The zero-order valence-corrected chi connectivity index (χ0v) is 10.5. The van der Waals surface area contributed by atoms with Crippen molar-refractivity contribution >= 4 is 0 Å². The van der Waals surface area contributed by atoms with Crippen LogP contribution in [0.25, 0.3) is 0 Å². The topological polar surface area (TPSA) is 80.9 Å². The maximum absolute atomic E-state index is 7.00. The van der Waals surface area contributed by atoms with E-state index in [-0.39, 0.29) is 31.1 Å². The average molecular weight is 366 g/mol. The van der Waals surface area contributed by atoms with E-state index in [4.69, 9.17) is 20.4 Å². The largest absolute Gasteiger partial charge is 0.400 e. The Balaban J connectivity index is -0.00000000762. The molecule has 0 aliphatic rings. The van der Waals surface area contributed by atoms with Crippen molar-refractivity contribution in [3.8, 4) is 0 Å². The summed E-state index contributed by atoms with van der Waals surface area (Å²) in [6, 6.07) is 0. The van der Waals surface area contributed by atoms with Crippen LogP contribution in [0.2, 0.25) is 0 Å². The molecule has 0 saturated carbocycles. The van der Waals surface area contributed by atoms with Crippen LogP contribution in [-0.2, 0) is 0 Å². The van der Waals surface area contributed by atoms with Crippen LogP contribution in [0.4, 0.5) is 0 Å². The minimum Gasteiger partial charge on any atom is -0.400 e. The van der Waals surface area contributed by atoms with Gasteiger partial charge >= 0.3 is 0 Å². The molecule has 4 N–H and O–H groups in total. The maximum atomic E-state index is 7.00. The summed E-state index contributed by atoms with van der Waals surface area (Å²) in [6.07, 6.45) is 0. The summed E-state index contributed by atoms with van der Waals surface area (Å²) in [5, 5.41) is 28.0. The van der Waals surface area contributed by atoms with Gasteiger partial charge in [-0.3, -0.25) is 0 Å². The Kier molecular flexibility index (Phi) is 2530. The second-order valence-electron chi connectivity index (χ2n) is 0. The summed E-state index contributed by atoms with van der Waals surface area (Å²) >= 11 is 0. The smallest absolute Gasteiger partial charge is 0.0319 e. The predicted molar refractivity (Wildman–Crippen MR) is 32.6 cm³/mol. The van der Waals surface area contributed by atoms with E-state index in [9.17, 15) is 0 Å². The van der Waals surface area contributed by atoms with E-state index in [1.54, 1.807) is 0 Å². The van der Waals surface area contributed by atoms with E-state index in [1.165, 1.54) is 0 Å². The van der Waals surface area contributed by atoms with Crippen LogP contribution in [-0.4, -0.2) is 48.9 Å². The Hall–Kier alpha value is 0.892. The van der Waals surface area contributed by atoms with Crippen molar-refractivity contribution in [3.63, 3.8) is 0 Å². The molecule has 0 spiro atoms. The van der Waals surface area contributed by atoms with E-state index < -0.39 is 0 Å². The van der Waals surface area contributed by atoms with Crippen LogP contribution < -0.4 is 0 Å². The minimum atomic E-state index is 0. The molecule has 0 atom stereocenters. The zero-order valence-electron chi connectivity index (χ0n) is 6.29. The van der Waals surface area contributed by atoms with Gasteiger partial charge in [-0.2, -0.15) is 0 Å². The minimum absolute atomic E-state index is 0. The van der Waals surface area contributed by atoms with Crippen molar-refractivity contribution in [1.82, 2.24) is 0 Å². The molecule has 0 rings (SSSR count). The van der Waals surface area contributed by atoms with Crippen LogP contribution in [0, 0.1) is 31.1 Å². The molecule has 0 aliphatic carbocycles. The Labute approximate surface area is 79.9 Å². The zero-order chi connectivity index (χ0) is 8.00. The fraction of sp³-hybridized carbons (Fsp3) is 1.00. The summed E-state index contributed by atoms with van der Waals surface area (Å²) < 4.78 is 0. The Morgan fingerprint density at radius 3 is 0.444 bits per heavy atom. The van der Waals surface area contributed by atoms with Crippen molar-refractivity contribution in [2.45, 2.75) is 0 Å². The molecule has 0 fully saturated rings. The molecular weight excluding hydrogens is 350 g/mol. The number of hydrogen-bond donors (Lipinski definition) is 4. The Morgan fingerprint density at radius 2 is 0.444 bits per heavy atom. The third kappa shape index (κ3) is 531. The van der Waals surface area contributed by atoms with E-state index >= 15 is 0 Å². The molecule has 0 unspecified atom stereocenters. The molecule has 0 heterocycles. The quantitative estimate of drug-likeness (QED) is 0.418. The normalized spacial score (nSPS) is 2.67. The van der Waals surface area contributed by atoms with Gasteiger partial charge in [0.2, 0.25) is 0 Å². The third-order valence-corrected chi connectivity index (χ3v) is 0. The first-order valence-corrected chi connectivity index (χ1v) is 1.79. The standard InChI is InChI=1S/4CH4O.U/c4*1-2;/h4*2H,1H3;. The van der Waals surface area contributed by atoms with Gasteiger partial charge in [0.1, 0.15) is 0 Å². The maximum Gasteiger partial charge on any atom is 0.0319 e. The summed E-state index contributed by atoms with van der Waals surface area (Å²) in [6.45, 7) is 0. The molecule has 0 amide bonds. The van der Waals surface area contributed by atoms with Crippen molar-refractivity contribution < 1.29 is 51.5 Å². The van der Waals surface area contributed by atoms with Crippen LogP contribution in [0.15, 0.2) is 0 Å². The molecule has 5 heteroatoms. The van der Waals surface area contributed by atoms with Gasteiger partial charge in [-0.25, -0.2) is 0 Å². The van der Waals surface area contributed by atoms with Crippen LogP contribution >= 0.6 is 0 Å². The van der Waals surface area contributed by atoms with Gasteiger partial charge in [0, 0.05) is 59.6 Å². The molecule has 9 heavy (non-hydrogen) atoms. The van der Waals surface area contributed by atoms with E-state index in [0.717, 1.165) is 28.4 Å². The van der Waals surface area contributed by atoms with Crippen LogP contribution in [0.5, 0.6) is 0 Å². The predicted octanol–water partition coefficient (Wildman–Crippen LogP) is -1.57. The SMILES string of the molecule is CO.CO.CO.CO.[U]. The third-order valence-electron chi connectivity index (χ3n) is 0. The molecule has 0 saturated heterocycles. The number of aliphatic hydroxyl groups is 4. The second kappa shape index (κ2) is 696. The van der Waals surface area contributed by atoms with Gasteiger partial charge in [-0.1, -0.05) is 0 Å². The summed E-state index contributed by atoms with van der Waals surface area (Å²) in [5.41, 5.74) is 0. The molecule has 0 aromatic heterocycles. The van der Waals surface area contributed by atoms with E-state index in [0.29, 0.717) is 0 Å². The summed E-state index contributed by atoms with van der Waals surface area (Å²) in [4.78, 5) is 0. The second-order valence-corrected chi connectivity index (χ2v) is 0. The van der Waals surface area contributed by atoms with Gasteiger partial charge in [0.25, 0.3) is 0 Å². The number of rotatable bonds is 0. The average Bonchev–Trinajstić information content (AvgIpc) is 2.03. The van der Waals surface area contributed by atoms with Crippen molar-refractivity contribution in [2.75, 3.05) is 28.4 Å². The van der Waals surface area contributed by atoms with Gasteiger partial charge < -0.3 is 20.4 Å². The molecule has 0 aromatic rings. The molecule has 60 valence electrons. The monoisotopic (exact) mass is 366 g/mol. The van der Waals surface area contributed by atoms with Gasteiger partial charge in [-0.15, -0.1) is 0 Å². The fourth-order valence-corrected chi connectivity index (χ4v) is 0. The summed E-state index contributed by atoms with van der Waals surface area (Å²) in [5.74, 6) is 0. The number of hydrogen-bond acceptors (Lipinski definition) is 4. The summed E-state index contributed by atoms with van der Waals surface area (Å²) in [7, 11) is 4.00. The van der Waals surface area contributed by atoms with E-state index in [2.05, 4.69) is 0 Å². The van der Waals surface area contributed by atoms with Gasteiger partial charge in [-0.05, 0) is 0 Å². The van der Waals surface area contributed by atoms with Crippen LogP contribution in [0.3, 0.4) is 0 Å². The Morgan fingerprint density at radius 1 is 0.444 bits per heavy atom. The first-order chi connectivity index (χ1) is 4.00. The van der Waals surface area contributed by atoms with Crippen molar-refractivity contribution in [2.24, 2.45) is 0 Å². The van der Waals surface area contributed by atoms with Crippen molar-refractivity contribution in [3.05, 3.63) is 0 Å². The van der Waals surface area contributed by atoms with E-state index in [1.807, 2.05) is 0 Å². The van der Waals surface area contributed by atoms with Gasteiger partial charge in [0.15, 0.2) is 0 Å². The van der Waals surface area contributed by atoms with Crippen molar-refractivity contribution in [1.29, 1.82) is 0 Å².